The third-order valence-corrected chi connectivity index (χ3v) is 17.5. The number of rotatable bonds is 3. The molecule has 2 aliphatic carbocycles. The first-order valence-electron chi connectivity index (χ1n) is 5.46. The number of hydrogen-bond acceptors (Lipinski definition) is 0. The number of allylic oxidation sites excluding steroid dienone is 8. The van der Waals surface area contributed by atoms with Crippen LogP contribution < -0.4 is 0 Å². The molecule has 0 aromatic rings. The molecular formula is C13H19RuSi. The minimum absolute atomic E-state index is 0.840. The Labute approximate surface area is 98.7 Å². The van der Waals surface area contributed by atoms with E-state index < -0.39 is 21.6 Å². The van der Waals surface area contributed by atoms with E-state index in [9.17, 15) is 0 Å². The van der Waals surface area contributed by atoms with E-state index in [1.54, 1.807) is 8.33 Å². The van der Waals surface area contributed by atoms with Crippen LogP contribution in [0.2, 0.25) is 19.6 Å². The molecule has 2 heteroatoms. The fourth-order valence-electron chi connectivity index (χ4n) is 1.92. The third-order valence-electron chi connectivity index (χ3n) is 2.42. The minimum atomic E-state index is -0.990. The van der Waals surface area contributed by atoms with E-state index in [0.29, 0.717) is 0 Å². The van der Waals surface area contributed by atoms with E-state index in [1.807, 2.05) is 0 Å². The normalized spacial score (nSPS) is 20.6. The van der Waals surface area contributed by atoms with Crippen molar-refractivity contribution in [1.82, 2.24) is 0 Å². The zero-order chi connectivity index (χ0) is 10.9. The zero-order valence-electron chi connectivity index (χ0n) is 9.73. The summed E-state index contributed by atoms with van der Waals surface area (Å²) < 4.78 is 3.57. The van der Waals surface area contributed by atoms with Gasteiger partial charge in [0.05, 0.1) is 0 Å². The van der Waals surface area contributed by atoms with Crippen LogP contribution in [-0.2, 0) is 15.3 Å². The topological polar surface area (TPSA) is 0 Å². The van der Waals surface area contributed by atoms with Crippen molar-refractivity contribution in [2.75, 3.05) is 0 Å². The molecule has 0 fully saturated rings. The van der Waals surface area contributed by atoms with Crippen LogP contribution in [-0.4, -0.2) is 6.30 Å². The summed E-state index contributed by atoms with van der Waals surface area (Å²) in [5.74, 6) is 0. The van der Waals surface area contributed by atoms with Gasteiger partial charge in [-0.05, 0) is 0 Å². The molecule has 0 radical (unpaired) electrons. The van der Waals surface area contributed by atoms with Crippen LogP contribution in [0.3, 0.4) is 0 Å². The summed E-state index contributed by atoms with van der Waals surface area (Å²) in [5, 5.41) is 0. The van der Waals surface area contributed by atoms with Crippen LogP contribution >= 0.6 is 0 Å². The molecule has 0 spiro atoms. The SMILES string of the molecule is C[Si](C)(C)[Ru]([C]1=CC=CC1)[C]1=CC=CC1. The molecule has 0 N–H and O–H groups in total. The molecule has 0 amide bonds. The first kappa shape index (κ1) is 11.3. The van der Waals surface area contributed by atoms with Gasteiger partial charge in [-0.2, -0.15) is 0 Å². The van der Waals surface area contributed by atoms with Gasteiger partial charge in [-0.1, -0.05) is 0 Å². The summed E-state index contributed by atoms with van der Waals surface area (Å²) in [6.45, 7) is 7.64. The van der Waals surface area contributed by atoms with Crippen molar-refractivity contribution in [3.63, 3.8) is 0 Å². The van der Waals surface area contributed by atoms with Crippen LogP contribution in [0.5, 0.6) is 0 Å². The summed E-state index contributed by atoms with van der Waals surface area (Å²) >= 11 is -0.840. The van der Waals surface area contributed by atoms with Gasteiger partial charge in [-0.15, -0.1) is 0 Å². The van der Waals surface area contributed by atoms with Crippen LogP contribution in [0.1, 0.15) is 12.8 Å². The molecule has 0 nitrogen and oxygen atoms in total. The number of hydrogen-bond donors (Lipinski definition) is 0. The Balaban J connectivity index is 2.25. The summed E-state index contributed by atoms with van der Waals surface area (Å²) in [6.07, 6.45) is 15.4. The Bertz CT molecular complexity index is 336. The van der Waals surface area contributed by atoms with Crippen LogP contribution in [0.25, 0.3) is 0 Å². The molecule has 0 unspecified atom stereocenters. The Morgan fingerprint density at radius 3 is 1.67 bits per heavy atom. The van der Waals surface area contributed by atoms with Crippen LogP contribution in [0.15, 0.2) is 44.8 Å². The summed E-state index contributed by atoms with van der Waals surface area (Å²) in [5.41, 5.74) is 0. The van der Waals surface area contributed by atoms with Crippen molar-refractivity contribution in [3.8, 4) is 0 Å². The summed E-state index contributed by atoms with van der Waals surface area (Å²) in [6, 6.07) is 0. The molecular weight excluding hydrogens is 285 g/mol. The molecule has 0 saturated heterocycles. The third kappa shape index (κ3) is 2.49. The second-order valence-electron chi connectivity index (χ2n) is 4.76. The fraction of sp³-hybridized carbons (Fsp3) is 0.385. The van der Waals surface area contributed by atoms with Gasteiger partial charge in [0.1, 0.15) is 0 Å². The second kappa shape index (κ2) is 4.35. The van der Waals surface area contributed by atoms with Gasteiger partial charge >= 0.3 is 98.8 Å². The van der Waals surface area contributed by atoms with Gasteiger partial charge in [0.15, 0.2) is 0 Å². The maximum atomic E-state index is 2.55. The Hall–Kier alpha value is -0.200. The predicted octanol–water partition coefficient (Wildman–Crippen LogP) is 4.13. The van der Waals surface area contributed by atoms with Crippen molar-refractivity contribution in [3.05, 3.63) is 44.8 Å². The van der Waals surface area contributed by atoms with Crippen LogP contribution in [0.4, 0.5) is 0 Å². The molecule has 0 aromatic heterocycles. The van der Waals surface area contributed by atoms with Crippen molar-refractivity contribution >= 4 is 6.30 Å². The van der Waals surface area contributed by atoms with Crippen molar-refractivity contribution < 1.29 is 15.3 Å². The Kier molecular flexibility index (Phi) is 3.27. The van der Waals surface area contributed by atoms with Crippen molar-refractivity contribution in [2.24, 2.45) is 0 Å². The van der Waals surface area contributed by atoms with E-state index in [2.05, 4.69) is 56.1 Å². The van der Waals surface area contributed by atoms with Crippen molar-refractivity contribution in [2.45, 2.75) is 32.5 Å². The Morgan fingerprint density at radius 2 is 1.40 bits per heavy atom. The van der Waals surface area contributed by atoms with E-state index in [0.717, 1.165) is 0 Å². The molecule has 15 heavy (non-hydrogen) atoms. The first-order valence-corrected chi connectivity index (χ1v) is 13.2. The van der Waals surface area contributed by atoms with Crippen LogP contribution in [0, 0.1) is 0 Å². The molecule has 0 atom stereocenters. The monoisotopic (exact) mass is 305 g/mol. The molecule has 0 heterocycles. The summed E-state index contributed by atoms with van der Waals surface area (Å²) in [7, 11) is 0. The quantitative estimate of drug-likeness (QED) is 0.688. The maximum absolute atomic E-state index is 2.55. The van der Waals surface area contributed by atoms with Gasteiger partial charge < -0.3 is 0 Å². The second-order valence-corrected chi connectivity index (χ2v) is 22.3. The average Bonchev–Trinajstić information content (AvgIpc) is 2.73. The molecule has 0 bridgehead atoms. The van der Waals surface area contributed by atoms with E-state index in [1.165, 1.54) is 12.8 Å². The van der Waals surface area contributed by atoms with E-state index in [4.69, 9.17) is 0 Å². The molecule has 83 valence electrons. The van der Waals surface area contributed by atoms with Gasteiger partial charge in [0.2, 0.25) is 0 Å². The predicted molar refractivity (Wildman–Crippen MR) is 67.0 cm³/mol. The first-order chi connectivity index (χ1) is 7.09. The van der Waals surface area contributed by atoms with Gasteiger partial charge in [0.25, 0.3) is 0 Å². The fourth-order valence-corrected chi connectivity index (χ4v) is 17.6. The average molecular weight is 304 g/mol. The zero-order valence-corrected chi connectivity index (χ0v) is 12.5. The van der Waals surface area contributed by atoms with Gasteiger partial charge in [-0.3, -0.25) is 0 Å². The molecule has 2 rings (SSSR count). The molecule has 2 aliphatic rings. The van der Waals surface area contributed by atoms with Crippen molar-refractivity contribution in [1.29, 1.82) is 0 Å². The van der Waals surface area contributed by atoms with Gasteiger partial charge in [0, 0.05) is 0 Å². The Morgan fingerprint density at radius 1 is 0.933 bits per heavy atom. The van der Waals surface area contributed by atoms with E-state index >= 15 is 0 Å². The molecule has 0 saturated carbocycles. The van der Waals surface area contributed by atoms with E-state index in [-0.39, 0.29) is 0 Å². The molecule has 0 aliphatic heterocycles. The van der Waals surface area contributed by atoms with Gasteiger partial charge in [-0.25, -0.2) is 0 Å². The molecule has 0 aromatic carbocycles. The summed E-state index contributed by atoms with van der Waals surface area (Å²) in [4.78, 5) is 0. The standard InChI is InChI=1S/2C5H5.C3H9Si.Ru/c2*1-2-4-5-3-1;1-4(2)3;/h2*1-3H,4H2;1-3H3;.